The summed E-state index contributed by atoms with van der Waals surface area (Å²) in [5, 5.41) is 2.77. The molecule has 1 amide bonds. The summed E-state index contributed by atoms with van der Waals surface area (Å²) >= 11 is 1.69. The van der Waals surface area contributed by atoms with E-state index in [1.807, 2.05) is 36.4 Å². The molecule has 2 aromatic rings. The van der Waals surface area contributed by atoms with E-state index in [1.165, 1.54) is 17.4 Å². The highest BCUT2D eigenvalue weighted by molar-refractivity contribution is 7.99. The van der Waals surface area contributed by atoms with Crippen LogP contribution in [0.4, 0.5) is 5.69 Å². The van der Waals surface area contributed by atoms with Crippen LogP contribution in [0.25, 0.3) is 0 Å². The Morgan fingerprint density at radius 2 is 1.86 bits per heavy atom. The number of anilines is 1. The Kier molecular flexibility index (Phi) is 5.42. The largest absolute Gasteiger partial charge is 0.326 e. The highest BCUT2D eigenvalue weighted by Crippen LogP contribution is 2.33. The molecule has 0 bridgehead atoms. The molecule has 4 heteroatoms. The SMILES string of the molecule is CC[C@@H](N)c1ccccc1Sc1ccc(NC(C)=O)cc1. The van der Waals surface area contributed by atoms with Crippen LogP contribution in [-0.4, -0.2) is 5.91 Å². The lowest BCUT2D eigenvalue weighted by molar-refractivity contribution is -0.114. The predicted octanol–water partition coefficient (Wildman–Crippen LogP) is 4.21. The van der Waals surface area contributed by atoms with Crippen LogP contribution >= 0.6 is 11.8 Å². The van der Waals surface area contributed by atoms with Gasteiger partial charge in [-0.25, -0.2) is 0 Å². The van der Waals surface area contributed by atoms with Crippen molar-refractivity contribution in [2.75, 3.05) is 5.32 Å². The second-order valence-electron chi connectivity index (χ2n) is 4.86. The molecule has 2 rings (SSSR count). The molecule has 0 heterocycles. The van der Waals surface area contributed by atoms with Crippen LogP contribution in [0.15, 0.2) is 58.3 Å². The van der Waals surface area contributed by atoms with Crippen LogP contribution in [-0.2, 0) is 4.79 Å². The van der Waals surface area contributed by atoms with Gasteiger partial charge in [0.2, 0.25) is 5.91 Å². The minimum absolute atomic E-state index is 0.0605. The van der Waals surface area contributed by atoms with Crippen LogP contribution in [0.1, 0.15) is 31.9 Å². The van der Waals surface area contributed by atoms with Crippen LogP contribution < -0.4 is 11.1 Å². The summed E-state index contributed by atoms with van der Waals surface area (Å²) in [5.74, 6) is -0.0605. The first-order valence-corrected chi connectivity index (χ1v) is 7.81. The predicted molar refractivity (Wildman–Crippen MR) is 88.5 cm³/mol. The fraction of sp³-hybridized carbons (Fsp3) is 0.235. The molecule has 0 radical (unpaired) electrons. The summed E-state index contributed by atoms with van der Waals surface area (Å²) in [5.41, 5.74) is 8.15. The summed E-state index contributed by atoms with van der Waals surface area (Å²) in [4.78, 5) is 13.3. The second-order valence-corrected chi connectivity index (χ2v) is 5.98. The average molecular weight is 300 g/mol. The first-order valence-electron chi connectivity index (χ1n) is 7.00. The van der Waals surface area contributed by atoms with Crippen molar-refractivity contribution in [1.82, 2.24) is 0 Å². The monoisotopic (exact) mass is 300 g/mol. The standard InChI is InChI=1S/C17H20N2OS/c1-3-16(18)15-6-4-5-7-17(15)21-14-10-8-13(9-11-14)19-12(2)20/h4-11,16H,3,18H2,1-2H3,(H,19,20)/t16-/m1/s1. The minimum Gasteiger partial charge on any atom is -0.326 e. The van der Waals surface area contributed by atoms with Crippen LogP contribution in [0.3, 0.4) is 0 Å². The van der Waals surface area contributed by atoms with Gasteiger partial charge in [0.25, 0.3) is 0 Å². The van der Waals surface area contributed by atoms with Crippen LogP contribution in [0.5, 0.6) is 0 Å². The number of carbonyl (C=O) groups excluding carboxylic acids is 1. The quantitative estimate of drug-likeness (QED) is 0.870. The van der Waals surface area contributed by atoms with Gasteiger partial charge >= 0.3 is 0 Å². The lowest BCUT2D eigenvalue weighted by Crippen LogP contribution is -2.09. The van der Waals surface area contributed by atoms with Gasteiger partial charge in [-0.2, -0.15) is 0 Å². The van der Waals surface area contributed by atoms with E-state index in [2.05, 4.69) is 24.4 Å². The lowest BCUT2D eigenvalue weighted by atomic mass is 10.1. The molecule has 2 aromatic carbocycles. The molecule has 0 aliphatic heterocycles. The molecule has 21 heavy (non-hydrogen) atoms. The number of hydrogen-bond acceptors (Lipinski definition) is 3. The van der Waals surface area contributed by atoms with Crippen molar-refractivity contribution >= 4 is 23.4 Å². The lowest BCUT2D eigenvalue weighted by Gasteiger charge is -2.14. The van der Waals surface area contributed by atoms with Crippen molar-refractivity contribution in [3.63, 3.8) is 0 Å². The van der Waals surface area contributed by atoms with E-state index >= 15 is 0 Å². The number of rotatable bonds is 5. The Labute approximate surface area is 129 Å². The van der Waals surface area contributed by atoms with Gasteiger partial charge in [0.15, 0.2) is 0 Å². The van der Waals surface area contributed by atoms with E-state index in [4.69, 9.17) is 5.73 Å². The average Bonchev–Trinajstić information content (AvgIpc) is 2.48. The molecule has 0 aliphatic carbocycles. The first-order chi connectivity index (χ1) is 10.1. The van der Waals surface area contributed by atoms with Gasteiger partial charge in [0.05, 0.1) is 0 Å². The number of carbonyl (C=O) groups is 1. The van der Waals surface area contributed by atoms with Crippen molar-refractivity contribution in [3.8, 4) is 0 Å². The molecule has 0 spiro atoms. The number of nitrogens with two attached hydrogens (primary N) is 1. The molecular formula is C17H20N2OS. The van der Waals surface area contributed by atoms with E-state index in [1.54, 1.807) is 11.8 Å². The molecular weight excluding hydrogens is 280 g/mol. The zero-order valence-electron chi connectivity index (χ0n) is 12.3. The zero-order chi connectivity index (χ0) is 15.2. The Hall–Kier alpha value is -1.78. The van der Waals surface area contributed by atoms with E-state index in [9.17, 15) is 4.79 Å². The maximum atomic E-state index is 11.0. The van der Waals surface area contributed by atoms with Gasteiger partial charge in [-0.15, -0.1) is 0 Å². The molecule has 0 aromatic heterocycles. The Balaban J connectivity index is 2.16. The smallest absolute Gasteiger partial charge is 0.221 e. The van der Waals surface area contributed by atoms with E-state index in [0.29, 0.717) is 0 Å². The minimum atomic E-state index is -0.0605. The number of amides is 1. The van der Waals surface area contributed by atoms with Gasteiger partial charge in [-0.05, 0) is 42.3 Å². The van der Waals surface area contributed by atoms with Crippen molar-refractivity contribution in [2.24, 2.45) is 5.73 Å². The van der Waals surface area contributed by atoms with Crippen molar-refractivity contribution in [2.45, 2.75) is 36.1 Å². The first kappa shape index (κ1) is 15.6. The molecule has 110 valence electrons. The molecule has 0 saturated carbocycles. The summed E-state index contributed by atoms with van der Waals surface area (Å²) in [6.45, 7) is 3.60. The summed E-state index contributed by atoms with van der Waals surface area (Å²) in [7, 11) is 0. The van der Waals surface area contributed by atoms with Gasteiger partial charge < -0.3 is 11.1 Å². The van der Waals surface area contributed by atoms with Gasteiger partial charge in [-0.1, -0.05) is 36.9 Å². The molecule has 0 fully saturated rings. The number of hydrogen-bond donors (Lipinski definition) is 2. The van der Waals surface area contributed by atoms with Gasteiger partial charge in [0.1, 0.15) is 0 Å². The highest BCUT2D eigenvalue weighted by atomic mass is 32.2. The van der Waals surface area contributed by atoms with Crippen molar-refractivity contribution in [3.05, 3.63) is 54.1 Å². The molecule has 0 saturated heterocycles. The van der Waals surface area contributed by atoms with E-state index in [0.717, 1.165) is 17.0 Å². The van der Waals surface area contributed by atoms with Gasteiger partial charge in [0, 0.05) is 28.4 Å². The molecule has 3 N–H and O–H groups in total. The summed E-state index contributed by atoms with van der Waals surface area (Å²) in [6, 6.07) is 16.1. The maximum Gasteiger partial charge on any atom is 0.221 e. The molecule has 0 unspecified atom stereocenters. The van der Waals surface area contributed by atoms with Crippen LogP contribution in [0.2, 0.25) is 0 Å². The molecule has 0 aliphatic rings. The normalized spacial score (nSPS) is 12.0. The second kappa shape index (κ2) is 7.29. The number of nitrogens with one attached hydrogen (secondary N) is 1. The fourth-order valence-electron chi connectivity index (χ4n) is 2.04. The summed E-state index contributed by atoms with van der Waals surface area (Å²) in [6.07, 6.45) is 0.916. The van der Waals surface area contributed by atoms with Gasteiger partial charge in [-0.3, -0.25) is 4.79 Å². The van der Waals surface area contributed by atoms with E-state index < -0.39 is 0 Å². The number of benzene rings is 2. The van der Waals surface area contributed by atoms with Crippen molar-refractivity contribution < 1.29 is 4.79 Å². The fourth-order valence-corrected chi connectivity index (χ4v) is 3.05. The Bertz CT molecular complexity index is 610. The molecule has 3 nitrogen and oxygen atoms in total. The van der Waals surface area contributed by atoms with E-state index in [-0.39, 0.29) is 11.9 Å². The Morgan fingerprint density at radius 1 is 1.19 bits per heavy atom. The van der Waals surface area contributed by atoms with Crippen LogP contribution in [0, 0.1) is 0 Å². The highest BCUT2D eigenvalue weighted by Gasteiger charge is 2.09. The third-order valence-corrected chi connectivity index (χ3v) is 4.26. The Morgan fingerprint density at radius 3 is 2.48 bits per heavy atom. The topological polar surface area (TPSA) is 55.1 Å². The third kappa shape index (κ3) is 4.34. The van der Waals surface area contributed by atoms with Crippen molar-refractivity contribution in [1.29, 1.82) is 0 Å². The summed E-state index contributed by atoms with van der Waals surface area (Å²) < 4.78 is 0. The third-order valence-electron chi connectivity index (χ3n) is 3.16. The zero-order valence-corrected chi connectivity index (χ0v) is 13.1. The maximum absolute atomic E-state index is 11.0. The molecule has 1 atom stereocenters.